The van der Waals surface area contributed by atoms with Gasteiger partial charge in [0.2, 0.25) is 5.91 Å². The van der Waals surface area contributed by atoms with Crippen molar-refractivity contribution in [3.8, 4) is 0 Å². The number of aromatic nitrogens is 2. The third-order valence-corrected chi connectivity index (χ3v) is 5.71. The number of carbonyl (C=O) groups is 1. The van der Waals surface area contributed by atoms with Crippen LogP contribution in [0.15, 0.2) is 30.3 Å². The van der Waals surface area contributed by atoms with Crippen LogP contribution in [0.2, 0.25) is 0 Å². The van der Waals surface area contributed by atoms with Gasteiger partial charge < -0.3 is 4.90 Å². The van der Waals surface area contributed by atoms with E-state index in [0.29, 0.717) is 44.0 Å². The summed E-state index contributed by atoms with van der Waals surface area (Å²) in [6, 6.07) is 7.76. The van der Waals surface area contributed by atoms with Crippen LogP contribution in [0.3, 0.4) is 0 Å². The minimum absolute atomic E-state index is 0.0913. The van der Waals surface area contributed by atoms with E-state index in [2.05, 4.69) is 10.00 Å². The molecule has 0 radical (unpaired) electrons. The molecule has 1 saturated carbocycles. The molecular formula is C21H24F4N4O. The molecule has 2 aromatic rings. The highest BCUT2D eigenvalue weighted by atomic mass is 19.4. The van der Waals surface area contributed by atoms with E-state index in [-0.39, 0.29) is 30.6 Å². The Labute approximate surface area is 172 Å². The first-order valence-electron chi connectivity index (χ1n) is 10.2. The Morgan fingerprint density at radius 3 is 2.43 bits per heavy atom. The van der Waals surface area contributed by atoms with E-state index in [4.69, 9.17) is 0 Å². The molecule has 1 aliphatic carbocycles. The highest BCUT2D eigenvalue weighted by Crippen LogP contribution is 2.42. The van der Waals surface area contributed by atoms with Gasteiger partial charge in [-0.25, -0.2) is 4.39 Å². The fourth-order valence-corrected chi connectivity index (χ4v) is 3.84. The number of nitrogens with zero attached hydrogens (tertiary/aromatic N) is 4. The summed E-state index contributed by atoms with van der Waals surface area (Å²) in [5.74, 6) is -0.211. The Balaban J connectivity index is 1.29. The zero-order valence-corrected chi connectivity index (χ0v) is 16.5. The molecule has 30 heavy (non-hydrogen) atoms. The summed E-state index contributed by atoms with van der Waals surface area (Å²) in [6.45, 7) is 2.95. The van der Waals surface area contributed by atoms with Crippen molar-refractivity contribution in [2.24, 2.45) is 0 Å². The monoisotopic (exact) mass is 424 g/mol. The lowest BCUT2D eigenvalue weighted by atomic mass is 10.2. The Kier molecular flexibility index (Phi) is 5.81. The fourth-order valence-electron chi connectivity index (χ4n) is 3.84. The van der Waals surface area contributed by atoms with Crippen LogP contribution in [0.5, 0.6) is 0 Å². The molecule has 1 aliphatic heterocycles. The van der Waals surface area contributed by atoms with Gasteiger partial charge >= 0.3 is 6.18 Å². The lowest BCUT2D eigenvalue weighted by Crippen LogP contribution is -2.48. The Hall–Kier alpha value is -2.42. The summed E-state index contributed by atoms with van der Waals surface area (Å²) < 4.78 is 54.1. The second-order valence-corrected chi connectivity index (χ2v) is 7.95. The number of carbonyl (C=O) groups excluding carboxylic acids is 1. The third-order valence-electron chi connectivity index (χ3n) is 5.71. The van der Waals surface area contributed by atoms with Crippen molar-refractivity contribution in [3.63, 3.8) is 0 Å². The molecular weight excluding hydrogens is 400 g/mol. The summed E-state index contributed by atoms with van der Waals surface area (Å²) in [5, 5.41) is 3.70. The smallest absolute Gasteiger partial charge is 0.340 e. The second kappa shape index (κ2) is 8.37. The van der Waals surface area contributed by atoms with Crippen LogP contribution in [-0.4, -0.2) is 51.7 Å². The van der Waals surface area contributed by atoms with E-state index in [1.165, 1.54) is 10.7 Å². The molecule has 162 valence electrons. The highest BCUT2D eigenvalue weighted by Gasteiger charge is 2.37. The first kappa shape index (κ1) is 20.8. The molecule has 5 nitrogen and oxygen atoms in total. The summed E-state index contributed by atoms with van der Waals surface area (Å²) in [6.07, 6.45) is -2.64. The van der Waals surface area contributed by atoms with Gasteiger partial charge in [-0.15, -0.1) is 0 Å². The molecule has 2 fully saturated rings. The molecule has 4 rings (SSSR count). The van der Waals surface area contributed by atoms with Gasteiger partial charge in [0.25, 0.3) is 0 Å². The van der Waals surface area contributed by atoms with E-state index in [0.717, 1.165) is 18.9 Å². The SMILES string of the molecule is O=C(CCn1nc(C(F)(F)F)cc1C1CC1)N1CCN(Cc2ccccc2F)CC1. The Morgan fingerprint density at radius 2 is 1.80 bits per heavy atom. The number of halogens is 4. The minimum Gasteiger partial charge on any atom is -0.340 e. The van der Waals surface area contributed by atoms with E-state index in [1.807, 2.05) is 0 Å². The zero-order chi connectivity index (χ0) is 21.3. The van der Waals surface area contributed by atoms with Crippen LogP contribution in [0.1, 0.15) is 42.1 Å². The first-order chi connectivity index (χ1) is 14.3. The Bertz CT molecular complexity index is 899. The molecule has 0 atom stereocenters. The predicted octanol–water partition coefficient (Wildman–Crippen LogP) is 3.65. The third kappa shape index (κ3) is 4.83. The molecule has 0 spiro atoms. The number of rotatable bonds is 6. The normalized spacial score (nSPS) is 18.1. The summed E-state index contributed by atoms with van der Waals surface area (Å²) in [7, 11) is 0. The zero-order valence-electron chi connectivity index (χ0n) is 16.5. The lowest BCUT2D eigenvalue weighted by molar-refractivity contribution is -0.141. The molecule has 1 saturated heterocycles. The van der Waals surface area contributed by atoms with Crippen molar-refractivity contribution in [1.29, 1.82) is 0 Å². The molecule has 0 bridgehead atoms. The summed E-state index contributed by atoms with van der Waals surface area (Å²) in [4.78, 5) is 16.4. The number of amides is 1. The molecule has 2 aliphatic rings. The molecule has 0 N–H and O–H groups in total. The Morgan fingerprint density at radius 1 is 1.10 bits per heavy atom. The van der Waals surface area contributed by atoms with E-state index < -0.39 is 11.9 Å². The number of aryl methyl sites for hydroxylation is 1. The van der Waals surface area contributed by atoms with E-state index >= 15 is 0 Å². The highest BCUT2D eigenvalue weighted by molar-refractivity contribution is 5.76. The van der Waals surface area contributed by atoms with Crippen molar-refractivity contribution in [2.45, 2.75) is 44.4 Å². The topological polar surface area (TPSA) is 41.4 Å². The van der Waals surface area contributed by atoms with Gasteiger partial charge in [-0.1, -0.05) is 18.2 Å². The summed E-state index contributed by atoms with van der Waals surface area (Å²) in [5.41, 5.74) is 0.312. The molecule has 9 heteroatoms. The standard InChI is InChI=1S/C21H24F4N4O/c22-17-4-2-1-3-16(17)14-27-9-11-28(12-10-27)20(30)7-8-29-18(15-5-6-15)13-19(26-29)21(23,24)25/h1-4,13,15H,5-12,14H2. The van der Waals surface area contributed by atoms with Gasteiger partial charge in [-0.2, -0.15) is 18.3 Å². The molecule has 2 heterocycles. The van der Waals surface area contributed by atoms with Crippen LogP contribution >= 0.6 is 0 Å². The minimum atomic E-state index is -4.48. The predicted molar refractivity (Wildman–Crippen MR) is 102 cm³/mol. The van der Waals surface area contributed by atoms with Crippen LogP contribution in [-0.2, 0) is 24.1 Å². The lowest BCUT2D eigenvalue weighted by Gasteiger charge is -2.35. The number of hydrogen-bond donors (Lipinski definition) is 0. The van der Waals surface area contributed by atoms with Gasteiger partial charge in [0, 0.05) is 62.9 Å². The van der Waals surface area contributed by atoms with Crippen LogP contribution in [0.25, 0.3) is 0 Å². The van der Waals surface area contributed by atoms with Gasteiger partial charge in [-0.05, 0) is 25.0 Å². The van der Waals surface area contributed by atoms with E-state index in [1.54, 1.807) is 23.1 Å². The van der Waals surface area contributed by atoms with E-state index in [9.17, 15) is 22.4 Å². The molecule has 1 aromatic heterocycles. The maximum atomic E-state index is 13.8. The quantitative estimate of drug-likeness (QED) is 0.665. The first-order valence-corrected chi connectivity index (χ1v) is 10.2. The van der Waals surface area contributed by atoms with Crippen molar-refractivity contribution in [2.75, 3.05) is 26.2 Å². The second-order valence-electron chi connectivity index (χ2n) is 7.95. The fraction of sp³-hybridized carbons (Fsp3) is 0.524. The van der Waals surface area contributed by atoms with Gasteiger partial charge in [0.15, 0.2) is 5.69 Å². The van der Waals surface area contributed by atoms with Crippen molar-refractivity contribution in [3.05, 3.63) is 53.1 Å². The van der Waals surface area contributed by atoms with Gasteiger partial charge in [0.1, 0.15) is 5.82 Å². The maximum Gasteiger partial charge on any atom is 0.435 e. The maximum absolute atomic E-state index is 13.8. The largest absolute Gasteiger partial charge is 0.435 e. The van der Waals surface area contributed by atoms with Crippen molar-refractivity contribution >= 4 is 5.91 Å². The van der Waals surface area contributed by atoms with Gasteiger partial charge in [-0.3, -0.25) is 14.4 Å². The summed E-state index contributed by atoms with van der Waals surface area (Å²) >= 11 is 0. The van der Waals surface area contributed by atoms with Gasteiger partial charge in [0.05, 0.1) is 0 Å². The average Bonchev–Trinajstić information content (AvgIpc) is 3.46. The van der Waals surface area contributed by atoms with Crippen LogP contribution in [0.4, 0.5) is 17.6 Å². The number of hydrogen-bond acceptors (Lipinski definition) is 3. The number of benzene rings is 1. The number of alkyl halides is 3. The van der Waals surface area contributed by atoms with Crippen molar-refractivity contribution < 1.29 is 22.4 Å². The molecule has 1 amide bonds. The average molecular weight is 424 g/mol. The van der Waals surface area contributed by atoms with Crippen molar-refractivity contribution in [1.82, 2.24) is 19.6 Å². The van der Waals surface area contributed by atoms with Crippen LogP contribution in [0, 0.1) is 5.82 Å². The number of piperazine rings is 1. The molecule has 0 unspecified atom stereocenters. The molecule has 1 aromatic carbocycles. The van der Waals surface area contributed by atoms with Crippen LogP contribution < -0.4 is 0 Å².